The zero-order valence-corrected chi connectivity index (χ0v) is 19.3. The predicted molar refractivity (Wildman–Crippen MR) is 108 cm³/mol. The highest BCUT2D eigenvalue weighted by Gasteiger charge is 2.30. The largest absolute Gasteiger partial charge is 0.510 e. The van der Waals surface area contributed by atoms with Crippen LogP contribution in [0.4, 0.5) is 4.79 Å². The van der Waals surface area contributed by atoms with Crippen molar-refractivity contribution in [2.75, 3.05) is 27.2 Å². The third-order valence-corrected chi connectivity index (χ3v) is 4.79. The summed E-state index contributed by atoms with van der Waals surface area (Å²) < 4.78 is 35.7. The van der Waals surface area contributed by atoms with Crippen molar-refractivity contribution >= 4 is 33.5 Å². The quantitative estimate of drug-likeness (QED) is 0.0908. The molecule has 1 heterocycles. The molecule has 3 atom stereocenters. The monoisotopic (exact) mass is 480 g/mol. The Labute approximate surface area is 187 Å². The van der Waals surface area contributed by atoms with Gasteiger partial charge in [-0.05, 0) is 33.6 Å². The number of likely N-dealkylation sites (N-methyl/N-ethyl adjacent to an activating group) is 1. The minimum Gasteiger partial charge on any atom is -0.440 e. The lowest BCUT2D eigenvalue weighted by Crippen LogP contribution is -2.32. The molecule has 1 aliphatic heterocycles. The van der Waals surface area contributed by atoms with Crippen LogP contribution >= 0.6 is 8.60 Å². The molecule has 182 valence electrons. The number of hydrogen-bond donors (Lipinski definition) is 1. The molecule has 3 unspecified atom stereocenters. The first kappa shape index (κ1) is 27.7. The molecule has 0 saturated carbocycles. The van der Waals surface area contributed by atoms with Crippen LogP contribution in [0.25, 0.3) is 0 Å². The minimum absolute atomic E-state index is 0.0323. The highest BCUT2D eigenvalue weighted by atomic mass is 31.2. The van der Waals surface area contributed by atoms with Gasteiger partial charge in [-0.1, -0.05) is 0 Å². The number of carbonyl (C=O) groups is 4. The average Bonchev–Trinajstić information content (AvgIpc) is 3.23. The Hall–Kier alpha value is -2.31. The van der Waals surface area contributed by atoms with E-state index in [0.717, 1.165) is 0 Å². The minimum atomic E-state index is -2.04. The van der Waals surface area contributed by atoms with Crippen LogP contribution in [-0.4, -0.2) is 75.5 Å². The standard InChI is InChI=1S/C18H29N2O11P/c1-13(2)30-18(24)26-12-29-32(28-11-25-10-22)27-8-15-5-6-16(31-15)20(9-21)7-14(3)17(23)19-4/h7,9-10,13,15-16H,5-6,8,11-12H2,1-4H3,(H,19,23)/b14-7-. The second-order valence-electron chi connectivity index (χ2n) is 6.57. The van der Waals surface area contributed by atoms with Crippen molar-refractivity contribution in [3.8, 4) is 0 Å². The van der Waals surface area contributed by atoms with Crippen LogP contribution in [0, 0.1) is 0 Å². The molecule has 1 aliphatic rings. The second kappa shape index (κ2) is 15.5. The summed E-state index contributed by atoms with van der Waals surface area (Å²) in [6.45, 7) is 4.19. The van der Waals surface area contributed by atoms with Gasteiger partial charge in [-0.3, -0.25) is 28.3 Å². The normalized spacial score (nSPS) is 19.2. The Morgan fingerprint density at radius 1 is 1.19 bits per heavy atom. The van der Waals surface area contributed by atoms with Gasteiger partial charge in [0.1, 0.15) is 6.23 Å². The van der Waals surface area contributed by atoms with Gasteiger partial charge in [0.05, 0.1) is 18.8 Å². The van der Waals surface area contributed by atoms with Crippen LogP contribution in [0.2, 0.25) is 0 Å². The molecule has 1 rings (SSSR count). The molecular formula is C18H29N2O11P. The Morgan fingerprint density at radius 3 is 2.53 bits per heavy atom. The molecule has 1 N–H and O–H groups in total. The second-order valence-corrected chi connectivity index (χ2v) is 7.79. The molecule has 1 fully saturated rings. The molecule has 0 bridgehead atoms. The van der Waals surface area contributed by atoms with Crippen molar-refractivity contribution in [2.24, 2.45) is 0 Å². The zero-order valence-electron chi connectivity index (χ0n) is 18.4. The van der Waals surface area contributed by atoms with Crippen LogP contribution in [0.5, 0.6) is 0 Å². The number of nitrogens with zero attached hydrogens (tertiary/aromatic N) is 1. The lowest BCUT2D eigenvalue weighted by atomic mass is 10.2. The van der Waals surface area contributed by atoms with Gasteiger partial charge in [0.2, 0.25) is 19.1 Å². The highest BCUT2D eigenvalue weighted by molar-refractivity contribution is 7.41. The summed E-state index contributed by atoms with van der Waals surface area (Å²) in [6, 6.07) is 0. The molecule has 0 aliphatic carbocycles. The van der Waals surface area contributed by atoms with Crippen molar-refractivity contribution in [2.45, 2.75) is 52.0 Å². The molecule has 2 amide bonds. The molecule has 0 aromatic heterocycles. The van der Waals surface area contributed by atoms with E-state index in [4.69, 9.17) is 27.8 Å². The zero-order chi connectivity index (χ0) is 23.9. The fraction of sp³-hybridized carbons (Fsp3) is 0.667. The summed E-state index contributed by atoms with van der Waals surface area (Å²) in [5.74, 6) is -0.313. The number of amides is 2. The van der Waals surface area contributed by atoms with Crippen LogP contribution in [0.3, 0.4) is 0 Å². The Kier molecular flexibility index (Phi) is 13.4. The summed E-state index contributed by atoms with van der Waals surface area (Å²) in [4.78, 5) is 46.0. The number of hydrogen-bond acceptors (Lipinski definition) is 11. The van der Waals surface area contributed by atoms with Crippen LogP contribution < -0.4 is 5.32 Å². The van der Waals surface area contributed by atoms with Crippen molar-refractivity contribution < 1.29 is 51.7 Å². The van der Waals surface area contributed by atoms with E-state index < -0.39 is 40.7 Å². The molecule has 0 aromatic rings. The molecule has 0 radical (unpaired) electrons. The molecule has 0 aromatic carbocycles. The maximum absolute atomic E-state index is 11.6. The third kappa shape index (κ3) is 10.8. The Bertz CT molecular complexity index is 646. The SMILES string of the molecule is CNC(=O)/C(C)=C\N(C=O)C1CCC(COP(OCOC=O)OCOC(=O)OC(C)C)O1. The summed E-state index contributed by atoms with van der Waals surface area (Å²) in [5.41, 5.74) is 0.347. The van der Waals surface area contributed by atoms with Gasteiger partial charge in [0.25, 0.3) is 6.47 Å². The van der Waals surface area contributed by atoms with Gasteiger partial charge in [-0.15, -0.1) is 0 Å². The summed E-state index contributed by atoms with van der Waals surface area (Å²) in [5, 5.41) is 2.47. The smallest absolute Gasteiger partial charge is 0.440 e. The predicted octanol–water partition coefficient (Wildman–Crippen LogP) is 1.53. The van der Waals surface area contributed by atoms with Gasteiger partial charge in [-0.25, -0.2) is 4.79 Å². The van der Waals surface area contributed by atoms with Crippen LogP contribution in [-0.2, 0) is 46.9 Å². The van der Waals surface area contributed by atoms with Crippen molar-refractivity contribution in [1.82, 2.24) is 10.2 Å². The number of carbonyl (C=O) groups excluding carboxylic acids is 4. The van der Waals surface area contributed by atoms with E-state index in [1.54, 1.807) is 20.8 Å². The van der Waals surface area contributed by atoms with Crippen LogP contribution in [0.15, 0.2) is 11.8 Å². The van der Waals surface area contributed by atoms with E-state index in [2.05, 4.69) is 10.1 Å². The Morgan fingerprint density at radius 2 is 1.91 bits per heavy atom. The molecule has 14 heteroatoms. The molecule has 13 nitrogen and oxygen atoms in total. The van der Waals surface area contributed by atoms with Gasteiger partial charge in [-0.2, -0.15) is 0 Å². The van der Waals surface area contributed by atoms with Crippen molar-refractivity contribution in [3.05, 3.63) is 11.8 Å². The van der Waals surface area contributed by atoms with Gasteiger partial charge >= 0.3 is 14.8 Å². The van der Waals surface area contributed by atoms with Gasteiger partial charge in [0, 0.05) is 18.8 Å². The van der Waals surface area contributed by atoms with E-state index in [1.807, 2.05) is 0 Å². The molecule has 0 spiro atoms. The van der Waals surface area contributed by atoms with Crippen LogP contribution in [0.1, 0.15) is 33.6 Å². The average molecular weight is 480 g/mol. The summed E-state index contributed by atoms with van der Waals surface area (Å²) in [7, 11) is -0.551. The maximum Gasteiger partial charge on any atom is 0.510 e. The summed E-state index contributed by atoms with van der Waals surface area (Å²) in [6.07, 6.45) is 0.817. The van der Waals surface area contributed by atoms with E-state index in [9.17, 15) is 19.2 Å². The van der Waals surface area contributed by atoms with E-state index in [1.165, 1.54) is 18.1 Å². The lowest BCUT2D eigenvalue weighted by molar-refractivity contribution is -0.136. The fourth-order valence-corrected chi connectivity index (χ4v) is 3.19. The highest BCUT2D eigenvalue weighted by Crippen LogP contribution is 2.40. The first-order valence-electron chi connectivity index (χ1n) is 9.66. The van der Waals surface area contributed by atoms with Gasteiger partial charge in [0.15, 0.2) is 6.79 Å². The number of rotatable bonds is 15. The molecule has 1 saturated heterocycles. The number of nitrogens with one attached hydrogen (secondary N) is 1. The first-order chi connectivity index (χ1) is 15.3. The summed E-state index contributed by atoms with van der Waals surface area (Å²) >= 11 is 0. The van der Waals surface area contributed by atoms with E-state index in [0.29, 0.717) is 24.8 Å². The van der Waals surface area contributed by atoms with Crippen molar-refractivity contribution in [1.29, 1.82) is 0 Å². The fourth-order valence-electron chi connectivity index (χ4n) is 2.39. The lowest BCUT2D eigenvalue weighted by Gasteiger charge is -2.23. The molecular weight excluding hydrogens is 451 g/mol. The maximum atomic E-state index is 11.6. The van der Waals surface area contributed by atoms with Crippen molar-refractivity contribution in [3.63, 3.8) is 0 Å². The topological polar surface area (TPSA) is 148 Å². The van der Waals surface area contributed by atoms with Gasteiger partial charge < -0.3 is 28.8 Å². The molecule has 32 heavy (non-hydrogen) atoms. The van der Waals surface area contributed by atoms with E-state index in [-0.39, 0.29) is 25.1 Å². The van der Waals surface area contributed by atoms with E-state index >= 15 is 0 Å². The first-order valence-corrected chi connectivity index (χ1v) is 10.8. The Balaban J connectivity index is 2.52. The number of ether oxygens (including phenoxy) is 4. The third-order valence-electron chi connectivity index (χ3n) is 3.79.